The van der Waals surface area contributed by atoms with Crippen molar-refractivity contribution < 1.29 is 14.2 Å². The summed E-state index contributed by atoms with van der Waals surface area (Å²) in [5.74, 6) is -0.948. The van der Waals surface area contributed by atoms with Gasteiger partial charge < -0.3 is 9.63 Å². The molecule has 0 spiro atoms. The molecule has 25 heavy (non-hydrogen) atoms. The molecule has 0 aromatic heterocycles. The minimum atomic E-state index is -3.68. The van der Waals surface area contributed by atoms with E-state index in [-0.39, 0.29) is 5.56 Å². The summed E-state index contributed by atoms with van der Waals surface area (Å²) < 4.78 is 19.7. The molecule has 1 aliphatic rings. The van der Waals surface area contributed by atoms with Crippen LogP contribution in [0.4, 0.5) is 0 Å². The summed E-state index contributed by atoms with van der Waals surface area (Å²) in [5, 5.41) is 20.7. The van der Waals surface area contributed by atoms with Gasteiger partial charge in [-0.3, -0.25) is 4.57 Å². The third-order valence-corrected chi connectivity index (χ3v) is 6.78. The van der Waals surface area contributed by atoms with Crippen LogP contribution in [0.3, 0.4) is 0 Å². The summed E-state index contributed by atoms with van der Waals surface area (Å²) in [6, 6.07) is 23.2. The predicted molar refractivity (Wildman–Crippen MR) is 95.9 cm³/mol. The first-order valence-electron chi connectivity index (χ1n) is 7.80. The van der Waals surface area contributed by atoms with Gasteiger partial charge in [-0.2, -0.15) is 5.26 Å². The normalized spacial score (nSPS) is 19.0. The molecule has 0 radical (unpaired) electrons. The molecular weight excluding hydrogens is 333 g/mol. The number of aliphatic hydroxyl groups is 1. The largest absolute Gasteiger partial charge is 0.437 e. The van der Waals surface area contributed by atoms with E-state index in [1.165, 1.54) is 0 Å². The number of hydrogen-bond acceptors (Lipinski definition) is 4. The average Bonchev–Trinajstić information content (AvgIpc) is 2.67. The van der Waals surface area contributed by atoms with Crippen LogP contribution in [0.25, 0.3) is 11.1 Å². The van der Waals surface area contributed by atoms with Crippen molar-refractivity contribution >= 4 is 12.7 Å². The van der Waals surface area contributed by atoms with Crippen LogP contribution < -0.4 is 9.83 Å². The van der Waals surface area contributed by atoms with Crippen molar-refractivity contribution in [1.82, 2.24) is 0 Å². The third kappa shape index (κ3) is 2.37. The molecule has 1 aliphatic heterocycles. The highest BCUT2D eigenvalue weighted by molar-refractivity contribution is 7.68. The van der Waals surface area contributed by atoms with Crippen LogP contribution in [-0.2, 0) is 4.57 Å². The van der Waals surface area contributed by atoms with E-state index < -0.39 is 13.2 Å². The Balaban J connectivity index is 1.94. The highest BCUT2D eigenvalue weighted by Crippen LogP contribution is 2.62. The molecule has 5 heteroatoms. The van der Waals surface area contributed by atoms with E-state index in [4.69, 9.17) is 4.52 Å². The van der Waals surface area contributed by atoms with Gasteiger partial charge in [0.1, 0.15) is 5.75 Å². The van der Waals surface area contributed by atoms with Crippen LogP contribution in [-0.4, -0.2) is 5.11 Å². The van der Waals surface area contributed by atoms with Gasteiger partial charge in [-0.15, -0.1) is 0 Å². The lowest BCUT2D eigenvalue weighted by Gasteiger charge is -2.31. The molecule has 2 unspecified atom stereocenters. The van der Waals surface area contributed by atoms with E-state index in [0.717, 1.165) is 11.1 Å². The van der Waals surface area contributed by atoms with Crippen LogP contribution in [0.15, 0.2) is 72.8 Å². The molecule has 4 rings (SSSR count). The summed E-state index contributed by atoms with van der Waals surface area (Å²) in [6.07, 6.45) is 0. The Labute approximate surface area is 145 Å². The lowest BCUT2D eigenvalue weighted by Crippen LogP contribution is -2.22. The zero-order chi connectivity index (χ0) is 17.4. The first-order valence-corrected chi connectivity index (χ1v) is 9.50. The quantitative estimate of drug-likeness (QED) is 0.705. The first kappa shape index (κ1) is 15.7. The summed E-state index contributed by atoms with van der Waals surface area (Å²) in [5.41, 5.74) is 2.21. The molecule has 1 N–H and O–H groups in total. The van der Waals surface area contributed by atoms with Crippen LogP contribution >= 0.6 is 7.37 Å². The van der Waals surface area contributed by atoms with Gasteiger partial charge in [-0.25, -0.2) is 0 Å². The van der Waals surface area contributed by atoms with Gasteiger partial charge in [0.2, 0.25) is 0 Å². The molecule has 0 bridgehead atoms. The molecule has 1 heterocycles. The Bertz CT molecular complexity index is 1050. The molecule has 0 saturated carbocycles. The van der Waals surface area contributed by atoms with Crippen molar-refractivity contribution in [2.45, 2.75) is 5.85 Å². The van der Waals surface area contributed by atoms with Gasteiger partial charge >= 0.3 is 7.37 Å². The topological polar surface area (TPSA) is 70.3 Å². The fourth-order valence-corrected chi connectivity index (χ4v) is 5.46. The van der Waals surface area contributed by atoms with Gasteiger partial charge in [-0.05, 0) is 23.8 Å². The zero-order valence-corrected chi connectivity index (χ0v) is 14.1. The van der Waals surface area contributed by atoms with Crippen molar-refractivity contribution in [3.63, 3.8) is 0 Å². The van der Waals surface area contributed by atoms with E-state index >= 15 is 0 Å². The van der Waals surface area contributed by atoms with Gasteiger partial charge in [0.25, 0.3) is 0 Å². The number of aliphatic hydroxyl groups excluding tert-OH is 1. The van der Waals surface area contributed by atoms with E-state index in [9.17, 15) is 14.9 Å². The van der Waals surface area contributed by atoms with Gasteiger partial charge in [0.05, 0.1) is 16.9 Å². The second-order valence-electron chi connectivity index (χ2n) is 5.77. The first-order chi connectivity index (χ1) is 12.1. The van der Waals surface area contributed by atoms with Crippen molar-refractivity contribution in [1.29, 1.82) is 5.26 Å². The van der Waals surface area contributed by atoms with E-state index in [2.05, 4.69) is 0 Å². The van der Waals surface area contributed by atoms with Crippen molar-refractivity contribution in [2.75, 3.05) is 0 Å². The number of hydrogen-bond donors (Lipinski definition) is 1. The minimum Gasteiger partial charge on any atom is -0.437 e. The maximum atomic E-state index is 13.8. The maximum absolute atomic E-state index is 13.8. The molecule has 122 valence electrons. The van der Waals surface area contributed by atoms with E-state index in [0.29, 0.717) is 16.6 Å². The fraction of sp³-hybridized carbons (Fsp3) is 0.0500. The predicted octanol–water partition coefficient (Wildman–Crippen LogP) is 4.21. The SMILES string of the molecule is N#Cc1ccccc1C(O)P1(=O)Oc2ccccc2-c2ccccc21. The second kappa shape index (κ2) is 5.89. The number of fused-ring (bicyclic) bond motifs is 3. The lowest BCUT2D eigenvalue weighted by molar-refractivity contribution is 0.239. The second-order valence-corrected chi connectivity index (χ2v) is 8.12. The van der Waals surface area contributed by atoms with Crippen LogP contribution in [0.1, 0.15) is 17.0 Å². The molecule has 0 amide bonds. The third-order valence-electron chi connectivity index (χ3n) is 4.33. The van der Waals surface area contributed by atoms with Crippen molar-refractivity contribution in [3.8, 4) is 22.9 Å². The summed E-state index contributed by atoms with van der Waals surface area (Å²) in [6.45, 7) is 0. The fourth-order valence-electron chi connectivity index (χ4n) is 3.13. The van der Waals surface area contributed by atoms with E-state index in [1.54, 1.807) is 48.5 Å². The smallest absolute Gasteiger partial charge is 0.310 e. The van der Waals surface area contributed by atoms with Crippen molar-refractivity contribution in [2.24, 2.45) is 0 Å². The number of benzene rings is 3. The van der Waals surface area contributed by atoms with Gasteiger partial charge in [0, 0.05) is 11.1 Å². The van der Waals surface area contributed by atoms with Gasteiger partial charge in [-0.1, -0.05) is 54.6 Å². The Kier molecular flexibility index (Phi) is 3.69. The number of nitriles is 1. The highest BCUT2D eigenvalue weighted by atomic mass is 31.2. The lowest BCUT2D eigenvalue weighted by atomic mass is 10.0. The summed E-state index contributed by atoms with van der Waals surface area (Å²) in [7, 11) is -3.68. The van der Waals surface area contributed by atoms with Crippen LogP contribution in [0.5, 0.6) is 5.75 Å². The monoisotopic (exact) mass is 347 g/mol. The molecule has 4 nitrogen and oxygen atoms in total. The van der Waals surface area contributed by atoms with Crippen LogP contribution in [0, 0.1) is 11.3 Å². The minimum absolute atomic E-state index is 0.283. The zero-order valence-electron chi connectivity index (χ0n) is 13.2. The van der Waals surface area contributed by atoms with Crippen molar-refractivity contribution in [3.05, 3.63) is 83.9 Å². The molecular formula is C20H14NO3P. The molecule has 0 fully saturated rings. The Morgan fingerprint density at radius 2 is 1.56 bits per heavy atom. The molecule has 0 saturated heterocycles. The number of nitrogens with zero attached hydrogens (tertiary/aromatic N) is 1. The highest BCUT2D eigenvalue weighted by Gasteiger charge is 2.43. The molecule has 0 aliphatic carbocycles. The Morgan fingerprint density at radius 1 is 0.920 bits per heavy atom. The Hall–Kier alpha value is -2.86. The molecule has 3 aromatic carbocycles. The maximum Gasteiger partial charge on any atom is 0.310 e. The standard InChI is InChI=1S/C20H14NO3P/c21-13-14-7-1-2-8-15(14)20(22)25(23)19-12-6-4-10-17(19)16-9-3-5-11-18(16)24-25/h1-12,20,22H. The average molecular weight is 347 g/mol. The Morgan fingerprint density at radius 3 is 2.36 bits per heavy atom. The molecule has 2 atom stereocenters. The summed E-state index contributed by atoms with van der Waals surface area (Å²) >= 11 is 0. The molecule has 3 aromatic rings. The van der Waals surface area contributed by atoms with Crippen LogP contribution in [0.2, 0.25) is 0 Å². The summed E-state index contributed by atoms with van der Waals surface area (Å²) in [4.78, 5) is 0. The number of para-hydroxylation sites is 1. The van der Waals surface area contributed by atoms with E-state index in [1.807, 2.05) is 30.3 Å². The number of rotatable bonds is 2. The van der Waals surface area contributed by atoms with Gasteiger partial charge in [0.15, 0.2) is 5.85 Å².